The number of hydrogen-bond donors (Lipinski definition) is 1. The summed E-state index contributed by atoms with van der Waals surface area (Å²) >= 11 is 0. The third kappa shape index (κ3) is 3.08. The van der Waals surface area contributed by atoms with E-state index < -0.39 is 5.91 Å². The van der Waals surface area contributed by atoms with Gasteiger partial charge in [0.1, 0.15) is 0 Å². The van der Waals surface area contributed by atoms with Gasteiger partial charge in [-0.05, 0) is 46.8 Å². The minimum atomic E-state index is -0.408. The lowest BCUT2D eigenvalue weighted by atomic mass is 10.1. The number of piperazine rings is 1. The van der Waals surface area contributed by atoms with Crippen molar-refractivity contribution < 1.29 is 4.79 Å². The van der Waals surface area contributed by atoms with Crippen molar-refractivity contribution in [3.05, 3.63) is 60.2 Å². The zero-order valence-corrected chi connectivity index (χ0v) is 14.2. The molecule has 2 N–H and O–H groups in total. The van der Waals surface area contributed by atoms with Crippen molar-refractivity contribution in [1.29, 1.82) is 0 Å². The zero-order chi connectivity index (χ0) is 17.9. The summed E-state index contributed by atoms with van der Waals surface area (Å²) in [4.78, 5) is 15.7. The fourth-order valence-corrected chi connectivity index (χ4v) is 3.12. The smallest absolute Gasteiger partial charge is 0.250 e. The number of hydrogen-bond acceptors (Lipinski definition) is 6. The minimum absolute atomic E-state index is 0.408. The fourth-order valence-electron chi connectivity index (χ4n) is 3.12. The molecule has 3 aromatic rings. The van der Waals surface area contributed by atoms with Gasteiger partial charge in [0.2, 0.25) is 11.9 Å². The highest BCUT2D eigenvalue weighted by Gasteiger charge is 2.22. The Morgan fingerprint density at radius 3 is 2.15 bits per heavy atom. The van der Waals surface area contributed by atoms with Gasteiger partial charge in [-0.2, -0.15) is 4.68 Å². The molecule has 2 aromatic carbocycles. The predicted molar refractivity (Wildman–Crippen MR) is 98.5 cm³/mol. The summed E-state index contributed by atoms with van der Waals surface area (Å²) in [7, 11) is 0. The Balaban J connectivity index is 1.46. The van der Waals surface area contributed by atoms with Crippen LogP contribution < -0.4 is 15.5 Å². The summed E-state index contributed by atoms with van der Waals surface area (Å²) in [6.45, 7) is 3.31. The summed E-state index contributed by atoms with van der Waals surface area (Å²) < 4.78 is 1.76. The predicted octanol–water partition coefficient (Wildman–Crippen LogP) is 1.09. The Morgan fingerprint density at radius 1 is 0.846 bits per heavy atom. The number of amides is 1. The minimum Gasteiger partial charge on any atom is -0.368 e. The maximum absolute atomic E-state index is 11.2. The molecule has 0 spiro atoms. The van der Waals surface area contributed by atoms with Crippen LogP contribution >= 0.6 is 0 Å². The van der Waals surface area contributed by atoms with E-state index in [9.17, 15) is 4.79 Å². The molecular formula is C18H19N7O. The fraction of sp³-hybridized carbons (Fsp3) is 0.222. The van der Waals surface area contributed by atoms with Crippen molar-refractivity contribution in [3.8, 4) is 5.69 Å². The number of anilines is 2. The van der Waals surface area contributed by atoms with Crippen molar-refractivity contribution >= 4 is 17.5 Å². The summed E-state index contributed by atoms with van der Waals surface area (Å²) in [5.74, 6) is 0.342. The first-order valence-corrected chi connectivity index (χ1v) is 8.46. The lowest BCUT2D eigenvalue weighted by Crippen LogP contribution is -2.47. The Hall–Kier alpha value is -3.42. The van der Waals surface area contributed by atoms with Crippen LogP contribution in [0.2, 0.25) is 0 Å². The summed E-state index contributed by atoms with van der Waals surface area (Å²) in [5.41, 5.74) is 7.84. The van der Waals surface area contributed by atoms with E-state index in [0.29, 0.717) is 5.56 Å². The van der Waals surface area contributed by atoms with Gasteiger partial charge >= 0.3 is 0 Å². The molecule has 0 atom stereocenters. The van der Waals surface area contributed by atoms with E-state index in [2.05, 4.69) is 25.3 Å². The van der Waals surface area contributed by atoms with Crippen LogP contribution in [0.3, 0.4) is 0 Å². The number of nitrogens with two attached hydrogens (primary N) is 1. The van der Waals surface area contributed by atoms with Crippen molar-refractivity contribution in [3.63, 3.8) is 0 Å². The van der Waals surface area contributed by atoms with Gasteiger partial charge in [0.25, 0.3) is 0 Å². The van der Waals surface area contributed by atoms with E-state index in [1.807, 2.05) is 42.5 Å². The molecule has 0 bridgehead atoms. The van der Waals surface area contributed by atoms with Gasteiger partial charge in [-0.3, -0.25) is 4.79 Å². The normalized spacial score (nSPS) is 14.5. The molecule has 0 unspecified atom stereocenters. The number of nitrogens with zero attached hydrogens (tertiary/aromatic N) is 6. The quantitative estimate of drug-likeness (QED) is 0.758. The van der Waals surface area contributed by atoms with Crippen LogP contribution in [-0.4, -0.2) is 52.3 Å². The van der Waals surface area contributed by atoms with E-state index >= 15 is 0 Å². The van der Waals surface area contributed by atoms with Gasteiger partial charge in [-0.1, -0.05) is 23.3 Å². The molecule has 0 saturated carbocycles. The maximum Gasteiger partial charge on any atom is 0.250 e. The third-order valence-corrected chi connectivity index (χ3v) is 4.53. The molecule has 1 aliphatic rings. The molecule has 132 valence electrons. The van der Waals surface area contributed by atoms with Crippen molar-refractivity contribution in [1.82, 2.24) is 20.2 Å². The van der Waals surface area contributed by atoms with Gasteiger partial charge in [-0.25, -0.2) is 0 Å². The van der Waals surface area contributed by atoms with Gasteiger partial charge < -0.3 is 15.5 Å². The van der Waals surface area contributed by atoms with E-state index in [0.717, 1.165) is 43.5 Å². The van der Waals surface area contributed by atoms with Crippen molar-refractivity contribution in [2.24, 2.45) is 5.73 Å². The van der Waals surface area contributed by atoms with Gasteiger partial charge in [0, 0.05) is 37.4 Å². The topological polar surface area (TPSA) is 93.2 Å². The van der Waals surface area contributed by atoms with E-state index in [4.69, 9.17) is 5.73 Å². The number of aromatic nitrogens is 4. The average molecular weight is 349 g/mol. The Bertz CT molecular complexity index is 883. The summed E-state index contributed by atoms with van der Waals surface area (Å²) in [5, 5.41) is 12.2. The molecule has 26 heavy (non-hydrogen) atoms. The number of primary amides is 1. The second kappa shape index (κ2) is 6.83. The average Bonchev–Trinajstić information content (AvgIpc) is 3.19. The second-order valence-electron chi connectivity index (χ2n) is 6.11. The molecular weight excluding hydrogens is 330 g/mol. The summed E-state index contributed by atoms with van der Waals surface area (Å²) in [6.07, 6.45) is 0. The molecule has 0 radical (unpaired) electrons. The van der Waals surface area contributed by atoms with Gasteiger partial charge in [0.15, 0.2) is 0 Å². The number of benzene rings is 2. The first-order chi connectivity index (χ1) is 12.7. The molecule has 0 aliphatic carbocycles. The van der Waals surface area contributed by atoms with E-state index in [1.54, 1.807) is 16.8 Å². The molecule has 1 amide bonds. The molecule has 1 fully saturated rings. The Labute approximate surface area is 150 Å². The highest BCUT2D eigenvalue weighted by atomic mass is 16.1. The number of tetrazole rings is 1. The number of rotatable bonds is 4. The van der Waals surface area contributed by atoms with Crippen LogP contribution in [0.5, 0.6) is 0 Å². The lowest BCUT2D eigenvalue weighted by molar-refractivity contribution is 0.100. The monoisotopic (exact) mass is 349 g/mol. The van der Waals surface area contributed by atoms with Crippen LogP contribution in [0.15, 0.2) is 54.6 Å². The molecule has 1 saturated heterocycles. The lowest BCUT2D eigenvalue weighted by Gasteiger charge is -2.36. The van der Waals surface area contributed by atoms with Crippen LogP contribution in [0.4, 0.5) is 11.6 Å². The van der Waals surface area contributed by atoms with Crippen LogP contribution in [0.25, 0.3) is 5.69 Å². The SMILES string of the molecule is NC(=O)c1ccc(N2CCN(c3nnnn3-c3ccccc3)CC2)cc1. The van der Waals surface area contributed by atoms with Crippen molar-refractivity contribution in [2.45, 2.75) is 0 Å². The first-order valence-electron chi connectivity index (χ1n) is 8.46. The Morgan fingerprint density at radius 2 is 1.50 bits per heavy atom. The zero-order valence-electron chi connectivity index (χ0n) is 14.2. The molecule has 1 aliphatic heterocycles. The maximum atomic E-state index is 11.2. The third-order valence-electron chi connectivity index (χ3n) is 4.53. The molecule has 8 heteroatoms. The van der Waals surface area contributed by atoms with Crippen LogP contribution in [0, 0.1) is 0 Å². The highest BCUT2D eigenvalue weighted by Crippen LogP contribution is 2.21. The largest absolute Gasteiger partial charge is 0.368 e. The van der Waals surface area contributed by atoms with Crippen LogP contribution in [-0.2, 0) is 0 Å². The number of carbonyl (C=O) groups is 1. The highest BCUT2D eigenvalue weighted by molar-refractivity contribution is 5.93. The molecule has 8 nitrogen and oxygen atoms in total. The molecule has 1 aromatic heterocycles. The molecule has 4 rings (SSSR count). The van der Waals surface area contributed by atoms with Gasteiger partial charge in [0.05, 0.1) is 5.69 Å². The summed E-state index contributed by atoms with van der Waals surface area (Å²) in [6, 6.07) is 17.3. The van der Waals surface area contributed by atoms with Gasteiger partial charge in [-0.15, -0.1) is 0 Å². The second-order valence-corrected chi connectivity index (χ2v) is 6.11. The van der Waals surface area contributed by atoms with Crippen molar-refractivity contribution in [2.75, 3.05) is 36.0 Å². The number of carbonyl (C=O) groups excluding carboxylic acids is 1. The Kier molecular flexibility index (Phi) is 4.22. The van der Waals surface area contributed by atoms with Crippen LogP contribution in [0.1, 0.15) is 10.4 Å². The van der Waals surface area contributed by atoms with E-state index in [-0.39, 0.29) is 0 Å². The number of para-hydroxylation sites is 1. The molecule has 2 heterocycles. The van der Waals surface area contributed by atoms with E-state index in [1.165, 1.54) is 0 Å². The first kappa shape index (κ1) is 16.1. The standard InChI is InChI=1S/C18H19N7O/c19-17(26)14-6-8-15(9-7-14)23-10-12-24(13-11-23)18-20-21-22-25(18)16-4-2-1-3-5-16/h1-9H,10-13H2,(H2,19,26).